The monoisotopic (exact) mass is 270 g/mol. The van der Waals surface area contributed by atoms with Crippen molar-refractivity contribution in [3.8, 4) is 0 Å². The molecule has 1 aromatic rings. The lowest BCUT2D eigenvalue weighted by atomic mass is 9.73. The number of hydrogen-bond acceptors (Lipinski definition) is 2. The van der Waals surface area contributed by atoms with Gasteiger partial charge in [0.2, 0.25) is 5.91 Å². The molecule has 0 aromatic heterocycles. The van der Waals surface area contributed by atoms with E-state index in [1.54, 1.807) is 11.9 Å². The lowest BCUT2D eigenvalue weighted by molar-refractivity contribution is -0.137. The van der Waals surface area contributed by atoms with Crippen molar-refractivity contribution in [1.29, 1.82) is 0 Å². The van der Waals surface area contributed by atoms with Gasteiger partial charge in [0.05, 0.1) is 16.9 Å². The predicted molar refractivity (Wildman–Crippen MR) is 65.1 cm³/mol. The van der Waals surface area contributed by atoms with E-state index >= 15 is 0 Å². The van der Waals surface area contributed by atoms with E-state index in [0.717, 1.165) is 18.6 Å². The minimum absolute atomic E-state index is 0.117. The number of benzene rings is 1. The number of carbonyl (C=O) groups excluding carboxylic acids is 1. The number of halogens is 3. The first-order valence-corrected chi connectivity index (χ1v) is 6.11. The molecule has 3 nitrogen and oxygen atoms in total. The van der Waals surface area contributed by atoms with E-state index in [9.17, 15) is 18.0 Å². The normalized spacial score (nSPS) is 20.8. The molecule has 0 bridgehead atoms. The number of likely N-dealkylation sites (N-methyl/N-ethyl adjacent to an activating group) is 1. The first-order chi connectivity index (χ1) is 8.84. The van der Waals surface area contributed by atoms with Gasteiger partial charge in [-0.3, -0.25) is 4.79 Å². The summed E-state index contributed by atoms with van der Waals surface area (Å²) in [5.74, 6) is -0.117. The van der Waals surface area contributed by atoms with Gasteiger partial charge in [0, 0.05) is 7.05 Å². The Morgan fingerprint density at radius 3 is 2.53 bits per heavy atom. The van der Waals surface area contributed by atoms with Crippen LogP contribution in [0.4, 0.5) is 24.5 Å². The zero-order valence-electron chi connectivity index (χ0n) is 10.3. The summed E-state index contributed by atoms with van der Waals surface area (Å²) in [7, 11) is 1.69. The zero-order chi connectivity index (χ0) is 13.8. The first-order valence-electron chi connectivity index (χ1n) is 6.11. The van der Waals surface area contributed by atoms with Gasteiger partial charge in [-0.15, -0.1) is 0 Å². The topological polar surface area (TPSA) is 32.3 Å². The van der Waals surface area contributed by atoms with E-state index in [1.165, 1.54) is 6.07 Å². The molecule has 6 heteroatoms. The molecule has 19 heavy (non-hydrogen) atoms. The highest BCUT2D eigenvalue weighted by molar-refractivity contribution is 6.07. The van der Waals surface area contributed by atoms with Crippen molar-refractivity contribution in [2.75, 3.05) is 17.3 Å². The Kier molecular flexibility index (Phi) is 2.37. The molecule has 1 aliphatic carbocycles. The maximum absolute atomic E-state index is 12.7. The summed E-state index contributed by atoms with van der Waals surface area (Å²) in [6.45, 7) is 0. The summed E-state index contributed by atoms with van der Waals surface area (Å²) >= 11 is 0. The Balaban J connectivity index is 2.08. The standard InChI is InChI=1S/C13H13F3N2O/c1-18-10-7-8(13(14,15)16)3-4-9(10)17-11(19)12(18)5-2-6-12/h3-4,7H,2,5-6H2,1H3,(H,17,19). The minimum Gasteiger partial charge on any atom is -0.358 e. The van der Waals surface area contributed by atoms with Gasteiger partial charge in [0.1, 0.15) is 5.54 Å². The average molecular weight is 270 g/mol. The van der Waals surface area contributed by atoms with Gasteiger partial charge in [0.15, 0.2) is 0 Å². The van der Waals surface area contributed by atoms with E-state index in [-0.39, 0.29) is 5.91 Å². The number of nitrogens with one attached hydrogen (secondary N) is 1. The van der Waals surface area contributed by atoms with Crippen molar-refractivity contribution in [3.05, 3.63) is 23.8 Å². The van der Waals surface area contributed by atoms with Crippen LogP contribution in [-0.4, -0.2) is 18.5 Å². The van der Waals surface area contributed by atoms with E-state index in [2.05, 4.69) is 5.32 Å². The summed E-state index contributed by atoms with van der Waals surface area (Å²) < 4.78 is 38.2. The third-order valence-electron chi connectivity index (χ3n) is 4.18. The van der Waals surface area contributed by atoms with Crippen LogP contribution in [0.15, 0.2) is 18.2 Å². The predicted octanol–water partition coefficient (Wildman–Crippen LogP) is 3.02. The number of carbonyl (C=O) groups is 1. The number of nitrogens with zero attached hydrogens (tertiary/aromatic N) is 1. The summed E-state index contributed by atoms with van der Waals surface area (Å²) in [5.41, 5.74) is -0.465. The zero-order valence-corrected chi connectivity index (χ0v) is 10.3. The van der Waals surface area contributed by atoms with Crippen LogP contribution in [0.2, 0.25) is 0 Å². The Bertz CT molecular complexity index is 549. The molecule has 0 unspecified atom stereocenters. The second-order valence-electron chi connectivity index (χ2n) is 5.13. The smallest absolute Gasteiger partial charge is 0.358 e. The van der Waals surface area contributed by atoms with Crippen LogP contribution in [0.25, 0.3) is 0 Å². The molecule has 3 rings (SSSR count). The molecule has 1 aromatic carbocycles. The molecule has 1 fully saturated rings. The molecular weight excluding hydrogens is 257 g/mol. The van der Waals surface area contributed by atoms with Crippen LogP contribution in [0.5, 0.6) is 0 Å². The van der Waals surface area contributed by atoms with Crippen molar-refractivity contribution in [1.82, 2.24) is 0 Å². The first kappa shape index (κ1) is 12.3. The fourth-order valence-electron chi connectivity index (χ4n) is 2.79. The third-order valence-corrected chi connectivity index (χ3v) is 4.18. The molecule has 0 saturated heterocycles. The minimum atomic E-state index is -4.37. The lowest BCUT2D eigenvalue weighted by Gasteiger charge is -2.51. The van der Waals surface area contributed by atoms with E-state index in [4.69, 9.17) is 0 Å². The quantitative estimate of drug-likeness (QED) is 0.786. The molecule has 1 aliphatic heterocycles. The molecule has 1 spiro atoms. The van der Waals surface area contributed by atoms with Gasteiger partial charge in [-0.2, -0.15) is 13.2 Å². The molecule has 1 amide bonds. The van der Waals surface area contributed by atoms with E-state index in [1.807, 2.05) is 0 Å². The van der Waals surface area contributed by atoms with Crippen LogP contribution in [0.3, 0.4) is 0 Å². The number of rotatable bonds is 0. The van der Waals surface area contributed by atoms with Gasteiger partial charge in [-0.25, -0.2) is 0 Å². The molecular formula is C13H13F3N2O. The number of alkyl halides is 3. The lowest BCUT2D eigenvalue weighted by Crippen LogP contribution is -2.62. The maximum atomic E-state index is 12.7. The van der Waals surface area contributed by atoms with Crippen molar-refractivity contribution in [3.63, 3.8) is 0 Å². The highest BCUT2D eigenvalue weighted by Gasteiger charge is 2.51. The van der Waals surface area contributed by atoms with E-state index in [0.29, 0.717) is 24.2 Å². The van der Waals surface area contributed by atoms with E-state index < -0.39 is 17.3 Å². The maximum Gasteiger partial charge on any atom is 0.416 e. The molecule has 0 radical (unpaired) electrons. The third kappa shape index (κ3) is 1.62. The summed E-state index contributed by atoms with van der Waals surface area (Å²) in [6.07, 6.45) is -2.08. The summed E-state index contributed by atoms with van der Waals surface area (Å²) in [4.78, 5) is 13.8. The van der Waals surface area contributed by atoms with Gasteiger partial charge in [-0.1, -0.05) is 0 Å². The second kappa shape index (κ2) is 3.65. The fraction of sp³-hybridized carbons (Fsp3) is 0.462. The van der Waals surface area contributed by atoms with Gasteiger partial charge >= 0.3 is 6.18 Å². The van der Waals surface area contributed by atoms with Crippen LogP contribution in [-0.2, 0) is 11.0 Å². The Labute approximate surface area is 108 Å². The highest BCUT2D eigenvalue weighted by atomic mass is 19.4. The molecule has 2 aliphatic rings. The SMILES string of the molecule is CN1c2cc(C(F)(F)F)ccc2NC(=O)C12CCC2. The van der Waals surface area contributed by atoms with Gasteiger partial charge < -0.3 is 10.2 Å². The summed E-state index contributed by atoms with van der Waals surface area (Å²) in [5, 5.41) is 2.71. The van der Waals surface area contributed by atoms with Crippen LogP contribution in [0, 0.1) is 0 Å². The van der Waals surface area contributed by atoms with Crippen molar-refractivity contribution in [2.45, 2.75) is 31.0 Å². The fourth-order valence-corrected chi connectivity index (χ4v) is 2.79. The molecule has 102 valence electrons. The Morgan fingerprint density at radius 2 is 2.00 bits per heavy atom. The number of anilines is 2. The number of hydrogen-bond donors (Lipinski definition) is 1. The summed E-state index contributed by atoms with van der Waals surface area (Å²) in [6, 6.07) is 3.42. The van der Waals surface area contributed by atoms with Crippen molar-refractivity contribution in [2.24, 2.45) is 0 Å². The van der Waals surface area contributed by atoms with Gasteiger partial charge in [-0.05, 0) is 37.5 Å². The van der Waals surface area contributed by atoms with Crippen LogP contribution >= 0.6 is 0 Å². The Morgan fingerprint density at radius 1 is 1.32 bits per heavy atom. The number of fused-ring (bicyclic) bond motifs is 1. The molecule has 1 saturated carbocycles. The molecule has 1 heterocycles. The highest BCUT2D eigenvalue weighted by Crippen LogP contribution is 2.47. The number of amides is 1. The van der Waals surface area contributed by atoms with Crippen molar-refractivity contribution < 1.29 is 18.0 Å². The molecule has 1 N–H and O–H groups in total. The average Bonchev–Trinajstić information content (AvgIpc) is 2.25. The second-order valence-corrected chi connectivity index (χ2v) is 5.13. The largest absolute Gasteiger partial charge is 0.416 e. The van der Waals surface area contributed by atoms with Crippen LogP contribution < -0.4 is 10.2 Å². The van der Waals surface area contributed by atoms with Crippen LogP contribution in [0.1, 0.15) is 24.8 Å². The Hall–Kier alpha value is -1.72. The van der Waals surface area contributed by atoms with Crippen molar-refractivity contribution >= 4 is 17.3 Å². The van der Waals surface area contributed by atoms with Gasteiger partial charge in [0.25, 0.3) is 0 Å². The molecule has 0 atom stereocenters.